The van der Waals surface area contributed by atoms with E-state index in [1.54, 1.807) is 85.6 Å². The van der Waals surface area contributed by atoms with Gasteiger partial charge < -0.3 is 50.2 Å². The molecular formula is C42H44F6N6O8. The first-order valence-corrected chi connectivity index (χ1v) is 19.1. The van der Waals surface area contributed by atoms with Crippen molar-refractivity contribution in [3.05, 3.63) is 103 Å². The van der Waals surface area contributed by atoms with Crippen molar-refractivity contribution in [3.8, 4) is 34.0 Å². The molecule has 0 amide bonds. The second-order valence-corrected chi connectivity index (χ2v) is 14.6. The van der Waals surface area contributed by atoms with Crippen molar-refractivity contribution in [1.29, 1.82) is 0 Å². The molecule has 0 radical (unpaired) electrons. The minimum atomic E-state index is -4.34. The maximum Gasteiger partial charge on any atom is 0.403 e. The van der Waals surface area contributed by atoms with Crippen LogP contribution in [0.2, 0.25) is 0 Å². The zero-order chi connectivity index (χ0) is 46.2. The number of rotatable bonds is 12. The van der Waals surface area contributed by atoms with E-state index < -0.39 is 70.1 Å². The Labute approximate surface area is 348 Å². The van der Waals surface area contributed by atoms with Gasteiger partial charge in [-0.2, -0.15) is 26.3 Å². The van der Waals surface area contributed by atoms with E-state index in [4.69, 9.17) is 0 Å². The first-order chi connectivity index (χ1) is 28.9. The van der Waals surface area contributed by atoms with E-state index in [1.165, 1.54) is 0 Å². The Morgan fingerprint density at radius 1 is 0.645 bits per heavy atom. The summed E-state index contributed by atoms with van der Waals surface area (Å²) in [6.45, 7) is 5.55. The molecule has 8 N–H and O–H groups in total. The fourth-order valence-electron chi connectivity index (χ4n) is 7.04. The highest BCUT2D eigenvalue weighted by Gasteiger charge is 2.36. The standard InChI is InChI=1S/2C21H22F3N3O4/c2*1-4-14-17(26-19(29)16(18(14)28)20(30)31)11-5-6-15-12(7-11)8-13(27(15)3)9-25-10(2)21(22,23)24/h2*5-8,10,25H,4,9H2,1-3H3,(H,30,31)(H2,26,28,29)/t2*10-/m10/s1. The van der Waals surface area contributed by atoms with Crippen LogP contribution < -0.4 is 21.8 Å². The first-order valence-electron chi connectivity index (χ1n) is 19.1. The van der Waals surface area contributed by atoms with E-state index >= 15 is 0 Å². The Bertz CT molecular complexity index is 2610. The van der Waals surface area contributed by atoms with Crippen LogP contribution >= 0.6 is 0 Å². The van der Waals surface area contributed by atoms with Crippen LogP contribution in [0.3, 0.4) is 0 Å². The topological polar surface area (TPSA) is 215 Å². The molecule has 0 unspecified atom stereocenters. The largest absolute Gasteiger partial charge is 0.506 e. The van der Waals surface area contributed by atoms with Crippen molar-refractivity contribution >= 4 is 33.7 Å². The van der Waals surface area contributed by atoms with E-state index in [1.807, 2.05) is 0 Å². The molecule has 6 rings (SSSR count). The van der Waals surface area contributed by atoms with Gasteiger partial charge in [0.2, 0.25) is 0 Å². The number of nitrogens with zero attached hydrogens (tertiary/aromatic N) is 2. The smallest absolute Gasteiger partial charge is 0.403 e. The second kappa shape index (κ2) is 17.8. The maximum atomic E-state index is 12.8. The third kappa shape index (κ3) is 9.35. The first kappa shape index (κ1) is 46.5. The highest BCUT2D eigenvalue weighted by Crippen LogP contribution is 2.34. The highest BCUT2D eigenvalue weighted by molar-refractivity contribution is 5.94. The number of aromatic carboxylic acids is 2. The number of pyridine rings is 2. The summed E-state index contributed by atoms with van der Waals surface area (Å²) < 4.78 is 80.1. The van der Waals surface area contributed by atoms with Gasteiger partial charge in [-0.15, -0.1) is 0 Å². The van der Waals surface area contributed by atoms with Crippen LogP contribution in [0.15, 0.2) is 58.1 Å². The molecule has 0 spiro atoms. The number of H-pyrrole nitrogens is 2. The number of aromatic nitrogens is 4. The van der Waals surface area contributed by atoms with Crippen molar-refractivity contribution in [1.82, 2.24) is 29.7 Å². The summed E-state index contributed by atoms with van der Waals surface area (Å²) in [5.74, 6) is -4.20. The highest BCUT2D eigenvalue weighted by atomic mass is 19.4. The molecule has 4 heterocycles. The van der Waals surface area contributed by atoms with Crippen LogP contribution in [-0.4, -0.2) is 75.9 Å². The van der Waals surface area contributed by atoms with Gasteiger partial charge in [-0.3, -0.25) is 9.59 Å². The molecule has 0 saturated heterocycles. The molecule has 0 bridgehead atoms. The number of aromatic hydroxyl groups is 2. The van der Waals surface area contributed by atoms with Crippen molar-refractivity contribution in [3.63, 3.8) is 0 Å². The third-order valence-electron chi connectivity index (χ3n) is 10.7. The van der Waals surface area contributed by atoms with E-state index in [-0.39, 0.29) is 37.1 Å². The van der Waals surface area contributed by atoms with Crippen LogP contribution in [0.25, 0.3) is 44.3 Å². The summed E-state index contributed by atoms with van der Waals surface area (Å²) in [6, 6.07) is 10.5. The van der Waals surface area contributed by atoms with Gasteiger partial charge in [-0.05, 0) is 74.2 Å². The molecule has 0 aliphatic rings. The van der Waals surface area contributed by atoms with Crippen LogP contribution in [0.5, 0.6) is 11.5 Å². The third-order valence-corrected chi connectivity index (χ3v) is 10.7. The van der Waals surface area contributed by atoms with Crippen molar-refractivity contribution in [2.24, 2.45) is 14.1 Å². The number of aryl methyl sites for hydroxylation is 2. The lowest BCUT2D eigenvalue weighted by molar-refractivity contribution is -0.152. The quantitative estimate of drug-likeness (QED) is 0.0585. The van der Waals surface area contributed by atoms with Crippen molar-refractivity contribution in [2.75, 3.05) is 0 Å². The molecular weight excluding hydrogens is 830 g/mol. The number of alkyl halides is 6. The van der Waals surface area contributed by atoms with Gasteiger partial charge in [0.15, 0.2) is 11.1 Å². The summed E-state index contributed by atoms with van der Waals surface area (Å²) in [5.41, 5.74) is 1.80. The molecule has 2 atom stereocenters. The Hall–Kier alpha value is -6.54. The average molecular weight is 875 g/mol. The lowest BCUT2D eigenvalue weighted by Crippen LogP contribution is -2.39. The predicted molar refractivity (Wildman–Crippen MR) is 219 cm³/mol. The number of carbonyl (C=O) groups is 2. The number of carboxylic acids is 2. The summed E-state index contributed by atoms with van der Waals surface area (Å²) in [4.78, 5) is 52.0. The number of benzene rings is 2. The molecule has 4 aromatic heterocycles. The Balaban J connectivity index is 0.000000234. The summed E-state index contributed by atoms with van der Waals surface area (Å²) in [6.07, 6.45) is -8.14. The summed E-state index contributed by atoms with van der Waals surface area (Å²) >= 11 is 0. The molecule has 0 fully saturated rings. The van der Waals surface area contributed by atoms with Gasteiger partial charge in [0.05, 0.1) is 11.4 Å². The van der Waals surface area contributed by atoms with E-state index in [0.29, 0.717) is 33.9 Å². The van der Waals surface area contributed by atoms with Crippen LogP contribution in [0.4, 0.5) is 26.3 Å². The number of halogens is 6. The van der Waals surface area contributed by atoms with E-state index in [2.05, 4.69) is 20.6 Å². The van der Waals surface area contributed by atoms with Gasteiger partial charge in [-0.1, -0.05) is 26.0 Å². The van der Waals surface area contributed by atoms with Gasteiger partial charge in [0.1, 0.15) is 23.6 Å². The fourth-order valence-corrected chi connectivity index (χ4v) is 7.04. The normalized spacial score (nSPS) is 13.0. The second-order valence-electron chi connectivity index (χ2n) is 14.6. The molecule has 0 saturated carbocycles. The molecule has 332 valence electrons. The minimum absolute atomic E-state index is 0.00628. The predicted octanol–water partition coefficient (Wildman–Crippen LogP) is 7.08. The average Bonchev–Trinajstić information content (AvgIpc) is 3.68. The Morgan fingerprint density at radius 3 is 1.27 bits per heavy atom. The molecule has 6 aromatic rings. The van der Waals surface area contributed by atoms with Gasteiger partial charge in [0, 0.05) is 71.5 Å². The number of carboxylic acid groups (broad SMARTS) is 2. The zero-order valence-electron chi connectivity index (χ0n) is 34.2. The van der Waals surface area contributed by atoms with Crippen LogP contribution in [-0.2, 0) is 40.0 Å². The zero-order valence-corrected chi connectivity index (χ0v) is 34.2. The van der Waals surface area contributed by atoms with Crippen molar-refractivity contribution in [2.45, 2.75) is 78.1 Å². The molecule has 14 nitrogen and oxygen atoms in total. The van der Waals surface area contributed by atoms with E-state index in [0.717, 1.165) is 35.7 Å². The SMILES string of the molecule is CCc1c(-c2ccc3c(c2)cc(CN[C@@H](C)C(F)(F)F)n3C)[nH]c(=O)c(C(=O)O)c1O.CCc1c(-c2ccc3c(c2)cc(CN[C@H](C)C(F)(F)F)n3C)[nH]c(=O)c(C(=O)O)c1O. The summed E-state index contributed by atoms with van der Waals surface area (Å²) in [7, 11) is 3.48. The fraction of sp³-hybridized carbons (Fsp3) is 0.333. The number of aromatic amines is 2. The van der Waals surface area contributed by atoms with Crippen LogP contribution in [0, 0.1) is 0 Å². The molecule has 62 heavy (non-hydrogen) atoms. The monoisotopic (exact) mass is 874 g/mol. The lowest BCUT2D eigenvalue weighted by Gasteiger charge is -2.17. The molecule has 2 aromatic carbocycles. The number of fused-ring (bicyclic) bond motifs is 2. The minimum Gasteiger partial charge on any atom is -0.506 e. The summed E-state index contributed by atoms with van der Waals surface area (Å²) in [5, 5.41) is 45.4. The number of hydrogen-bond donors (Lipinski definition) is 8. The van der Waals surface area contributed by atoms with Gasteiger partial charge in [0.25, 0.3) is 11.1 Å². The maximum absolute atomic E-state index is 12.8. The van der Waals surface area contributed by atoms with Crippen LogP contribution in [0.1, 0.15) is 70.9 Å². The van der Waals surface area contributed by atoms with Gasteiger partial charge >= 0.3 is 24.3 Å². The van der Waals surface area contributed by atoms with Gasteiger partial charge in [-0.25, -0.2) is 9.59 Å². The molecule has 0 aliphatic heterocycles. The Kier molecular flexibility index (Phi) is 13.4. The Morgan fingerprint density at radius 2 is 0.984 bits per heavy atom. The molecule has 0 aliphatic carbocycles. The molecule has 20 heteroatoms. The number of nitrogens with one attached hydrogen (secondary N) is 4. The number of hydrogen-bond acceptors (Lipinski definition) is 8. The lowest BCUT2D eigenvalue weighted by atomic mass is 9.99. The van der Waals surface area contributed by atoms with E-state index in [9.17, 15) is 65.9 Å². The van der Waals surface area contributed by atoms with Crippen molar-refractivity contribution < 1.29 is 56.4 Å².